The highest BCUT2D eigenvalue weighted by molar-refractivity contribution is 5.49. The highest BCUT2D eigenvalue weighted by atomic mass is 16.6. The molecule has 0 radical (unpaired) electrons. The SMILES string of the molecule is CCC(C)(C)Nc1ncc([N+](=O)[O-])cc1C. The fraction of sp³-hybridized carbons (Fsp3) is 0.545. The zero-order valence-electron chi connectivity index (χ0n) is 10.1. The molecule has 0 aliphatic rings. The van der Waals surface area contributed by atoms with Gasteiger partial charge in [-0.1, -0.05) is 6.92 Å². The largest absolute Gasteiger partial charge is 0.365 e. The van der Waals surface area contributed by atoms with Gasteiger partial charge in [-0.2, -0.15) is 0 Å². The molecule has 0 unspecified atom stereocenters. The summed E-state index contributed by atoms with van der Waals surface area (Å²) in [5, 5.41) is 13.8. The summed E-state index contributed by atoms with van der Waals surface area (Å²) in [6.07, 6.45) is 2.23. The Morgan fingerprint density at radius 1 is 1.56 bits per heavy atom. The van der Waals surface area contributed by atoms with Gasteiger partial charge < -0.3 is 5.32 Å². The predicted molar refractivity (Wildman–Crippen MR) is 63.6 cm³/mol. The Balaban J connectivity index is 2.96. The standard InChI is InChI=1S/C11H17N3O2/c1-5-11(3,4)13-10-8(2)6-9(7-12-10)14(15)16/h6-7H,5H2,1-4H3,(H,12,13). The van der Waals surface area contributed by atoms with Crippen molar-refractivity contribution in [3.8, 4) is 0 Å². The third kappa shape index (κ3) is 2.92. The molecule has 88 valence electrons. The minimum Gasteiger partial charge on any atom is -0.365 e. The minimum atomic E-state index is -0.436. The van der Waals surface area contributed by atoms with E-state index in [-0.39, 0.29) is 11.2 Å². The number of nitrogens with one attached hydrogen (secondary N) is 1. The van der Waals surface area contributed by atoms with E-state index in [2.05, 4.69) is 31.1 Å². The van der Waals surface area contributed by atoms with Crippen LogP contribution in [0.4, 0.5) is 11.5 Å². The molecule has 1 aromatic heterocycles. The van der Waals surface area contributed by atoms with Crippen molar-refractivity contribution in [2.45, 2.75) is 39.7 Å². The first-order valence-electron chi connectivity index (χ1n) is 5.25. The van der Waals surface area contributed by atoms with E-state index in [9.17, 15) is 10.1 Å². The molecule has 1 rings (SSSR count). The van der Waals surface area contributed by atoms with Crippen molar-refractivity contribution in [2.75, 3.05) is 5.32 Å². The third-order valence-corrected chi connectivity index (χ3v) is 2.62. The van der Waals surface area contributed by atoms with Crippen molar-refractivity contribution in [1.82, 2.24) is 4.98 Å². The van der Waals surface area contributed by atoms with Crippen LogP contribution in [-0.4, -0.2) is 15.4 Å². The Hall–Kier alpha value is -1.65. The van der Waals surface area contributed by atoms with Crippen LogP contribution < -0.4 is 5.32 Å². The smallest absolute Gasteiger partial charge is 0.287 e. The first-order chi connectivity index (χ1) is 7.35. The molecule has 16 heavy (non-hydrogen) atoms. The van der Waals surface area contributed by atoms with Crippen molar-refractivity contribution in [3.05, 3.63) is 27.9 Å². The summed E-state index contributed by atoms with van der Waals surface area (Å²) in [7, 11) is 0. The average Bonchev–Trinajstić information content (AvgIpc) is 2.20. The molecular formula is C11H17N3O2. The Morgan fingerprint density at radius 3 is 2.62 bits per heavy atom. The highest BCUT2D eigenvalue weighted by Gasteiger charge is 2.17. The van der Waals surface area contributed by atoms with Crippen LogP contribution in [0.25, 0.3) is 0 Å². The Labute approximate surface area is 95.0 Å². The molecule has 0 atom stereocenters. The van der Waals surface area contributed by atoms with Crippen molar-refractivity contribution >= 4 is 11.5 Å². The number of hydrogen-bond donors (Lipinski definition) is 1. The van der Waals surface area contributed by atoms with Gasteiger partial charge in [0, 0.05) is 11.6 Å². The second kappa shape index (κ2) is 4.47. The first-order valence-corrected chi connectivity index (χ1v) is 5.25. The summed E-state index contributed by atoms with van der Waals surface area (Å²) < 4.78 is 0. The molecular weight excluding hydrogens is 206 g/mol. The molecule has 0 saturated heterocycles. The summed E-state index contributed by atoms with van der Waals surface area (Å²) in [6.45, 7) is 8.02. The second-order valence-electron chi connectivity index (χ2n) is 4.48. The van der Waals surface area contributed by atoms with Gasteiger partial charge in [0.15, 0.2) is 0 Å². The molecule has 0 fully saturated rings. The van der Waals surface area contributed by atoms with E-state index in [0.717, 1.165) is 12.0 Å². The lowest BCUT2D eigenvalue weighted by Crippen LogP contribution is -2.30. The number of aryl methyl sites for hydroxylation is 1. The van der Waals surface area contributed by atoms with Gasteiger partial charge in [-0.25, -0.2) is 4.98 Å². The van der Waals surface area contributed by atoms with E-state index < -0.39 is 4.92 Å². The van der Waals surface area contributed by atoms with Crippen LogP contribution in [-0.2, 0) is 0 Å². The van der Waals surface area contributed by atoms with Crippen molar-refractivity contribution in [1.29, 1.82) is 0 Å². The van der Waals surface area contributed by atoms with Gasteiger partial charge >= 0.3 is 0 Å². The van der Waals surface area contributed by atoms with E-state index in [0.29, 0.717) is 5.82 Å². The number of anilines is 1. The number of nitro groups is 1. The quantitative estimate of drug-likeness (QED) is 0.629. The van der Waals surface area contributed by atoms with Gasteiger partial charge in [-0.3, -0.25) is 10.1 Å². The van der Waals surface area contributed by atoms with Crippen LogP contribution in [0, 0.1) is 17.0 Å². The van der Waals surface area contributed by atoms with Crippen LogP contribution in [0.3, 0.4) is 0 Å². The molecule has 1 N–H and O–H groups in total. The fourth-order valence-electron chi connectivity index (χ4n) is 1.20. The molecule has 0 bridgehead atoms. The maximum absolute atomic E-state index is 10.6. The number of pyridine rings is 1. The number of nitrogens with zero attached hydrogens (tertiary/aromatic N) is 2. The molecule has 5 nitrogen and oxygen atoms in total. The van der Waals surface area contributed by atoms with E-state index in [4.69, 9.17) is 0 Å². The van der Waals surface area contributed by atoms with E-state index in [1.165, 1.54) is 12.3 Å². The molecule has 5 heteroatoms. The summed E-state index contributed by atoms with van der Waals surface area (Å²) in [6, 6.07) is 1.53. The Morgan fingerprint density at radius 2 is 2.19 bits per heavy atom. The lowest BCUT2D eigenvalue weighted by atomic mass is 10.0. The zero-order chi connectivity index (χ0) is 12.3. The predicted octanol–water partition coefficient (Wildman–Crippen LogP) is 2.90. The van der Waals surface area contributed by atoms with Gasteiger partial charge in [0.25, 0.3) is 5.69 Å². The molecule has 0 amide bonds. The van der Waals surface area contributed by atoms with Crippen LogP contribution >= 0.6 is 0 Å². The number of rotatable bonds is 4. The van der Waals surface area contributed by atoms with E-state index in [1.54, 1.807) is 0 Å². The molecule has 1 aromatic rings. The molecule has 0 saturated carbocycles. The van der Waals surface area contributed by atoms with Crippen LogP contribution in [0.2, 0.25) is 0 Å². The maximum Gasteiger partial charge on any atom is 0.287 e. The Bertz CT molecular complexity index is 402. The lowest BCUT2D eigenvalue weighted by molar-refractivity contribution is -0.385. The van der Waals surface area contributed by atoms with Gasteiger partial charge in [0.2, 0.25) is 0 Å². The van der Waals surface area contributed by atoms with Crippen LogP contribution in [0.1, 0.15) is 32.8 Å². The summed E-state index contributed by atoms with van der Waals surface area (Å²) in [5.74, 6) is 0.706. The van der Waals surface area contributed by atoms with E-state index >= 15 is 0 Å². The highest BCUT2D eigenvalue weighted by Crippen LogP contribution is 2.22. The zero-order valence-corrected chi connectivity index (χ0v) is 10.1. The van der Waals surface area contributed by atoms with Gasteiger partial charge in [-0.05, 0) is 32.8 Å². The van der Waals surface area contributed by atoms with Gasteiger partial charge in [-0.15, -0.1) is 0 Å². The minimum absolute atomic E-state index is 0.0253. The van der Waals surface area contributed by atoms with Gasteiger partial charge in [0.1, 0.15) is 12.0 Å². The second-order valence-corrected chi connectivity index (χ2v) is 4.48. The van der Waals surface area contributed by atoms with Gasteiger partial charge in [0.05, 0.1) is 4.92 Å². The van der Waals surface area contributed by atoms with Crippen molar-refractivity contribution < 1.29 is 4.92 Å². The number of hydrogen-bond acceptors (Lipinski definition) is 4. The average molecular weight is 223 g/mol. The molecule has 0 aromatic carbocycles. The first kappa shape index (κ1) is 12.4. The molecule has 1 heterocycles. The lowest BCUT2D eigenvalue weighted by Gasteiger charge is -2.25. The Kier molecular flexibility index (Phi) is 3.47. The summed E-state index contributed by atoms with van der Waals surface area (Å²) >= 11 is 0. The van der Waals surface area contributed by atoms with E-state index in [1.807, 2.05) is 6.92 Å². The topological polar surface area (TPSA) is 68.1 Å². The van der Waals surface area contributed by atoms with Crippen LogP contribution in [0.5, 0.6) is 0 Å². The monoisotopic (exact) mass is 223 g/mol. The van der Waals surface area contributed by atoms with Crippen LogP contribution in [0.15, 0.2) is 12.3 Å². The summed E-state index contributed by atoms with van der Waals surface area (Å²) in [4.78, 5) is 14.2. The normalized spacial score (nSPS) is 11.2. The fourth-order valence-corrected chi connectivity index (χ4v) is 1.20. The molecule has 0 aliphatic carbocycles. The third-order valence-electron chi connectivity index (χ3n) is 2.62. The van der Waals surface area contributed by atoms with Crippen molar-refractivity contribution in [3.63, 3.8) is 0 Å². The molecule has 0 aliphatic heterocycles. The summed E-state index contributed by atoms with van der Waals surface area (Å²) in [5.41, 5.74) is 0.751. The molecule has 0 spiro atoms. The van der Waals surface area contributed by atoms with Crippen molar-refractivity contribution in [2.24, 2.45) is 0 Å². The maximum atomic E-state index is 10.6. The number of aromatic nitrogens is 1.